The molecule has 0 unspecified atom stereocenters. The van der Waals surface area contributed by atoms with Crippen molar-refractivity contribution in [3.05, 3.63) is 89.0 Å². The number of benzene rings is 3. The van der Waals surface area contributed by atoms with E-state index >= 15 is 0 Å². The molecule has 0 fully saturated rings. The normalized spacial score (nSPS) is 10.9. The van der Waals surface area contributed by atoms with Crippen LogP contribution in [0.1, 0.15) is 22.3 Å². The van der Waals surface area contributed by atoms with Crippen molar-refractivity contribution >= 4 is 32.6 Å². The maximum atomic E-state index is 13.2. The highest BCUT2D eigenvalue weighted by atomic mass is 32.1. The Labute approximate surface area is 180 Å². The molecule has 0 saturated heterocycles. The molecule has 0 atom stereocenters. The maximum absolute atomic E-state index is 13.2. The molecule has 30 heavy (non-hydrogen) atoms. The fourth-order valence-electron chi connectivity index (χ4n) is 3.44. The van der Waals surface area contributed by atoms with E-state index < -0.39 is 0 Å². The molecular weight excluding hydrogens is 392 g/mol. The summed E-state index contributed by atoms with van der Waals surface area (Å²) in [5, 5.41) is 0.695. The van der Waals surface area contributed by atoms with Gasteiger partial charge in [0.25, 0.3) is 5.91 Å². The molecule has 3 aromatic carbocycles. The Morgan fingerprint density at radius 2 is 1.70 bits per heavy atom. The van der Waals surface area contributed by atoms with Crippen molar-refractivity contribution in [2.75, 3.05) is 11.5 Å². The lowest BCUT2D eigenvalue weighted by atomic mass is 10.1. The van der Waals surface area contributed by atoms with E-state index in [0.717, 1.165) is 32.7 Å². The molecule has 4 nitrogen and oxygen atoms in total. The van der Waals surface area contributed by atoms with Crippen molar-refractivity contribution < 1.29 is 9.53 Å². The van der Waals surface area contributed by atoms with Gasteiger partial charge in [-0.2, -0.15) is 0 Å². The molecule has 152 valence electrons. The Morgan fingerprint density at radius 3 is 2.47 bits per heavy atom. The Bertz CT molecular complexity index is 1180. The molecule has 1 amide bonds. The smallest absolute Gasteiger partial charge is 0.267 e. The van der Waals surface area contributed by atoms with Crippen molar-refractivity contribution in [2.24, 2.45) is 0 Å². The SMILES string of the molecule is Cc1cc(C)c2nc(N(Cc3ccccc3)C(=O)COc3ccccc3C)sc2c1. The van der Waals surface area contributed by atoms with E-state index in [2.05, 4.69) is 26.0 Å². The summed E-state index contributed by atoms with van der Waals surface area (Å²) in [4.78, 5) is 19.8. The molecular formula is C25H24N2O2S. The quantitative estimate of drug-likeness (QED) is 0.397. The minimum atomic E-state index is -0.115. The Balaban J connectivity index is 1.65. The summed E-state index contributed by atoms with van der Waals surface area (Å²) in [6, 6.07) is 21.9. The van der Waals surface area contributed by atoms with Crippen molar-refractivity contribution in [3.63, 3.8) is 0 Å². The third-order valence-electron chi connectivity index (χ3n) is 4.98. The van der Waals surface area contributed by atoms with Gasteiger partial charge in [0, 0.05) is 0 Å². The molecule has 4 aromatic rings. The molecule has 0 aliphatic rings. The molecule has 0 bridgehead atoms. The lowest BCUT2D eigenvalue weighted by Gasteiger charge is -2.20. The second kappa shape index (κ2) is 8.67. The van der Waals surface area contributed by atoms with Crippen LogP contribution in [-0.4, -0.2) is 17.5 Å². The van der Waals surface area contributed by atoms with Crippen LogP contribution in [0.25, 0.3) is 10.2 Å². The molecule has 0 aliphatic carbocycles. The number of amides is 1. The highest BCUT2D eigenvalue weighted by Gasteiger charge is 2.21. The van der Waals surface area contributed by atoms with Gasteiger partial charge < -0.3 is 4.74 Å². The van der Waals surface area contributed by atoms with Gasteiger partial charge in [0.1, 0.15) is 5.75 Å². The van der Waals surface area contributed by atoms with Gasteiger partial charge in [0.2, 0.25) is 0 Å². The van der Waals surface area contributed by atoms with Crippen LogP contribution in [0.15, 0.2) is 66.7 Å². The predicted octanol–water partition coefficient (Wildman–Crippen LogP) is 5.83. The summed E-state index contributed by atoms with van der Waals surface area (Å²) >= 11 is 1.54. The van der Waals surface area contributed by atoms with Crippen molar-refractivity contribution in [3.8, 4) is 5.75 Å². The third-order valence-corrected chi connectivity index (χ3v) is 6.00. The van der Waals surface area contributed by atoms with Gasteiger partial charge in [0.15, 0.2) is 11.7 Å². The van der Waals surface area contributed by atoms with Crippen LogP contribution in [0.2, 0.25) is 0 Å². The Morgan fingerprint density at radius 1 is 0.967 bits per heavy atom. The van der Waals surface area contributed by atoms with E-state index in [-0.39, 0.29) is 12.5 Å². The van der Waals surface area contributed by atoms with Crippen LogP contribution >= 0.6 is 11.3 Å². The van der Waals surface area contributed by atoms with Crippen LogP contribution in [0.4, 0.5) is 5.13 Å². The average Bonchev–Trinajstić information content (AvgIpc) is 3.16. The summed E-state index contributed by atoms with van der Waals surface area (Å²) in [5.41, 5.74) is 5.32. The molecule has 0 aliphatic heterocycles. The number of anilines is 1. The monoisotopic (exact) mass is 416 g/mol. The first kappa shape index (κ1) is 20.1. The minimum absolute atomic E-state index is 0.0361. The summed E-state index contributed by atoms with van der Waals surface area (Å²) in [6.07, 6.45) is 0. The predicted molar refractivity (Wildman–Crippen MR) is 123 cm³/mol. The van der Waals surface area contributed by atoms with Crippen LogP contribution < -0.4 is 9.64 Å². The lowest BCUT2D eigenvalue weighted by molar-refractivity contribution is -0.120. The van der Waals surface area contributed by atoms with E-state index in [1.807, 2.05) is 61.5 Å². The van der Waals surface area contributed by atoms with Crippen LogP contribution in [0.5, 0.6) is 5.75 Å². The lowest BCUT2D eigenvalue weighted by Crippen LogP contribution is -2.34. The first-order valence-electron chi connectivity index (χ1n) is 9.92. The van der Waals surface area contributed by atoms with E-state index in [9.17, 15) is 4.79 Å². The standard InChI is InChI=1S/C25H24N2O2S/c1-17-13-19(3)24-22(14-17)30-25(26-24)27(15-20-10-5-4-6-11-20)23(28)16-29-21-12-8-7-9-18(21)2/h4-14H,15-16H2,1-3H3. The number of fused-ring (bicyclic) bond motifs is 1. The summed E-state index contributed by atoms with van der Waals surface area (Å²) < 4.78 is 6.93. The maximum Gasteiger partial charge on any atom is 0.267 e. The van der Waals surface area contributed by atoms with Gasteiger partial charge in [0.05, 0.1) is 16.8 Å². The van der Waals surface area contributed by atoms with E-state index in [0.29, 0.717) is 11.7 Å². The van der Waals surface area contributed by atoms with Crippen molar-refractivity contribution in [1.29, 1.82) is 0 Å². The number of aryl methyl sites for hydroxylation is 3. The fraction of sp³-hybridized carbons (Fsp3) is 0.200. The van der Waals surface area contributed by atoms with E-state index in [4.69, 9.17) is 9.72 Å². The molecule has 5 heteroatoms. The topological polar surface area (TPSA) is 42.4 Å². The number of carbonyl (C=O) groups excluding carboxylic acids is 1. The van der Waals surface area contributed by atoms with E-state index in [1.165, 1.54) is 5.56 Å². The zero-order valence-electron chi connectivity index (χ0n) is 17.4. The summed E-state index contributed by atoms with van der Waals surface area (Å²) in [6.45, 7) is 6.53. The molecule has 0 saturated carbocycles. The molecule has 0 N–H and O–H groups in total. The van der Waals surface area contributed by atoms with Gasteiger partial charge in [-0.1, -0.05) is 65.9 Å². The number of thiazole rings is 1. The van der Waals surface area contributed by atoms with E-state index in [1.54, 1.807) is 16.2 Å². The Hall–Kier alpha value is -3.18. The number of rotatable bonds is 6. The van der Waals surface area contributed by atoms with Gasteiger partial charge in [-0.25, -0.2) is 4.98 Å². The molecule has 0 spiro atoms. The zero-order valence-corrected chi connectivity index (χ0v) is 18.2. The second-order valence-electron chi connectivity index (χ2n) is 7.44. The summed E-state index contributed by atoms with van der Waals surface area (Å²) in [7, 11) is 0. The molecule has 4 rings (SSSR count). The van der Waals surface area contributed by atoms with Crippen molar-refractivity contribution in [2.45, 2.75) is 27.3 Å². The summed E-state index contributed by atoms with van der Waals surface area (Å²) in [5.74, 6) is 0.608. The number of hydrogen-bond acceptors (Lipinski definition) is 4. The molecule has 0 radical (unpaired) electrons. The van der Waals surface area contributed by atoms with Crippen LogP contribution in [0.3, 0.4) is 0 Å². The van der Waals surface area contributed by atoms with Gasteiger partial charge >= 0.3 is 0 Å². The van der Waals surface area contributed by atoms with Crippen LogP contribution in [0, 0.1) is 20.8 Å². The van der Waals surface area contributed by atoms with Gasteiger partial charge in [-0.05, 0) is 55.2 Å². The largest absolute Gasteiger partial charge is 0.483 e. The number of nitrogens with zero attached hydrogens (tertiary/aromatic N) is 2. The fourth-order valence-corrected chi connectivity index (χ4v) is 4.60. The molecule has 1 heterocycles. The third kappa shape index (κ3) is 4.36. The van der Waals surface area contributed by atoms with Crippen LogP contribution in [-0.2, 0) is 11.3 Å². The zero-order chi connectivity index (χ0) is 21.1. The van der Waals surface area contributed by atoms with Crippen molar-refractivity contribution in [1.82, 2.24) is 4.98 Å². The highest BCUT2D eigenvalue weighted by molar-refractivity contribution is 7.22. The minimum Gasteiger partial charge on any atom is -0.483 e. The first-order valence-corrected chi connectivity index (χ1v) is 10.7. The van der Waals surface area contributed by atoms with Gasteiger partial charge in [-0.3, -0.25) is 9.69 Å². The number of hydrogen-bond donors (Lipinski definition) is 0. The number of ether oxygens (including phenoxy) is 1. The average molecular weight is 417 g/mol. The van der Waals surface area contributed by atoms with Gasteiger partial charge in [-0.15, -0.1) is 0 Å². The number of aromatic nitrogens is 1. The highest BCUT2D eigenvalue weighted by Crippen LogP contribution is 2.32. The Kier molecular flexibility index (Phi) is 5.81. The number of carbonyl (C=O) groups is 1. The second-order valence-corrected chi connectivity index (χ2v) is 8.45. The molecule has 1 aromatic heterocycles. The number of para-hydroxylation sites is 1. The first-order chi connectivity index (χ1) is 14.5.